The van der Waals surface area contributed by atoms with Gasteiger partial charge < -0.3 is 5.32 Å². The number of halogens is 1. The second kappa shape index (κ2) is 3.62. The Labute approximate surface area is 48.9 Å². The van der Waals surface area contributed by atoms with Crippen LogP contribution in [0.25, 0.3) is 0 Å². The first kappa shape index (κ1) is 6.44. The van der Waals surface area contributed by atoms with Gasteiger partial charge in [0.2, 0.25) is 0 Å². The average molecular weight is 152 g/mol. The van der Waals surface area contributed by atoms with Gasteiger partial charge in [-0.15, -0.1) is 17.0 Å². The van der Waals surface area contributed by atoms with Crippen molar-refractivity contribution in [2.45, 2.75) is 12.8 Å². The summed E-state index contributed by atoms with van der Waals surface area (Å²) in [6.07, 6.45) is 2.78. The molecule has 0 aromatic carbocycles. The normalized spacial score (nSPS) is 20.0. The van der Waals surface area contributed by atoms with E-state index >= 15 is 0 Å². The van der Waals surface area contributed by atoms with Gasteiger partial charge in [-0.05, 0) is 25.9 Å². The molecule has 0 bridgehead atoms. The molecule has 1 aliphatic heterocycles. The van der Waals surface area contributed by atoms with Gasteiger partial charge in [0.1, 0.15) is 0 Å². The molecule has 0 aliphatic carbocycles. The van der Waals surface area contributed by atoms with Gasteiger partial charge in [0.05, 0.1) is 0 Å². The summed E-state index contributed by atoms with van der Waals surface area (Å²) in [5.41, 5.74) is 0. The maximum atomic E-state index is 3.22. The lowest BCUT2D eigenvalue weighted by molar-refractivity contribution is 0.857. The van der Waals surface area contributed by atoms with Crippen LogP contribution in [0.2, 0.25) is 0 Å². The van der Waals surface area contributed by atoms with Crippen LogP contribution in [0.5, 0.6) is 0 Å². The summed E-state index contributed by atoms with van der Waals surface area (Å²) in [4.78, 5) is 0. The number of hydrogen-bond donors (Lipinski definition) is 1. The molecule has 0 aromatic rings. The van der Waals surface area contributed by atoms with E-state index in [0.717, 1.165) is 0 Å². The van der Waals surface area contributed by atoms with Crippen LogP contribution in [-0.4, -0.2) is 13.1 Å². The van der Waals surface area contributed by atoms with E-state index in [4.69, 9.17) is 0 Å². The predicted molar refractivity (Wildman–Crippen MR) is 32.4 cm³/mol. The van der Waals surface area contributed by atoms with Gasteiger partial charge >= 0.3 is 0 Å². The number of hydrogen-bond acceptors (Lipinski definition) is 1. The monoisotopic (exact) mass is 151 g/mol. The summed E-state index contributed by atoms with van der Waals surface area (Å²) in [6.45, 7) is 2.50. The maximum absolute atomic E-state index is 3.22. The van der Waals surface area contributed by atoms with E-state index in [-0.39, 0.29) is 17.0 Å². The lowest BCUT2D eigenvalue weighted by Crippen LogP contribution is -2.03. The first-order valence-corrected chi connectivity index (χ1v) is 2.21. The molecule has 0 saturated carbocycles. The maximum Gasteiger partial charge on any atom is -0.00484 e. The van der Waals surface area contributed by atoms with E-state index in [2.05, 4.69) is 5.32 Å². The second-order valence-electron chi connectivity index (χ2n) is 1.46. The highest BCUT2D eigenvalue weighted by Crippen LogP contribution is 1.90. The fourth-order valence-corrected chi connectivity index (χ4v) is 0.625. The first-order valence-electron chi connectivity index (χ1n) is 2.21. The summed E-state index contributed by atoms with van der Waals surface area (Å²) >= 11 is 0. The molecule has 1 heterocycles. The van der Waals surface area contributed by atoms with Gasteiger partial charge in [-0.1, -0.05) is 0 Å². The van der Waals surface area contributed by atoms with Crippen molar-refractivity contribution in [1.29, 1.82) is 0 Å². The first-order chi connectivity index (χ1) is 2.50. The molecule has 0 radical (unpaired) electrons. The molecule has 1 aliphatic rings. The van der Waals surface area contributed by atoms with E-state index in [0.29, 0.717) is 0 Å². The largest absolute Gasteiger partial charge is 0.317 e. The van der Waals surface area contributed by atoms with Gasteiger partial charge in [0.25, 0.3) is 0 Å². The molecule has 0 spiro atoms. The Morgan fingerprint density at radius 1 is 1.00 bits per heavy atom. The van der Waals surface area contributed by atoms with Crippen LogP contribution in [0.15, 0.2) is 0 Å². The number of rotatable bonds is 0. The number of nitrogens with one attached hydrogen (secondary N) is 1. The zero-order chi connectivity index (χ0) is 3.54. The molecule has 1 nitrogen and oxygen atoms in total. The molecule has 0 aromatic heterocycles. The SMILES string of the molecule is Br.C1CCNC1. The molecule has 0 atom stereocenters. The van der Waals surface area contributed by atoms with Crippen molar-refractivity contribution in [3.8, 4) is 0 Å². The second-order valence-corrected chi connectivity index (χ2v) is 1.46. The van der Waals surface area contributed by atoms with E-state index in [9.17, 15) is 0 Å². The van der Waals surface area contributed by atoms with Gasteiger partial charge in [0.15, 0.2) is 0 Å². The third-order valence-corrected chi connectivity index (χ3v) is 0.957. The Kier molecular flexibility index (Phi) is 3.89. The van der Waals surface area contributed by atoms with Crippen LogP contribution < -0.4 is 5.32 Å². The van der Waals surface area contributed by atoms with E-state index in [1.54, 1.807) is 0 Å². The minimum atomic E-state index is 0. The predicted octanol–water partition coefficient (Wildman–Crippen LogP) is 0.948. The van der Waals surface area contributed by atoms with E-state index in [1.165, 1.54) is 25.9 Å². The summed E-state index contributed by atoms with van der Waals surface area (Å²) in [5.74, 6) is 0. The summed E-state index contributed by atoms with van der Waals surface area (Å²) in [6, 6.07) is 0. The molecule has 2 heteroatoms. The van der Waals surface area contributed by atoms with Gasteiger partial charge in [-0.2, -0.15) is 0 Å². The van der Waals surface area contributed by atoms with Gasteiger partial charge in [-0.25, -0.2) is 0 Å². The van der Waals surface area contributed by atoms with Crippen LogP contribution in [0.3, 0.4) is 0 Å². The molecule has 1 N–H and O–H groups in total. The summed E-state index contributed by atoms with van der Waals surface area (Å²) in [7, 11) is 0. The Morgan fingerprint density at radius 3 is 1.67 bits per heavy atom. The van der Waals surface area contributed by atoms with Gasteiger partial charge in [0, 0.05) is 0 Å². The van der Waals surface area contributed by atoms with Crippen molar-refractivity contribution in [2.75, 3.05) is 13.1 Å². The van der Waals surface area contributed by atoms with E-state index < -0.39 is 0 Å². The fraction of sp³-hybridized carbons (Fsp3) is 1.00. The molecule has 6 heavy (non-hydrogen) atoms. The highest BCUT2D eigenvalue weighted by Gasteiger charge is 1.93. The Hall–Kier alpha value is 0.440. The lowest BCUT2D eigenvalue weighted by Gasteiger charge is -1.76. The minimum Gasteiger partial charge on any atom is -0.317 e. The average Bonchev–Trinajstić information content (AvgIpc) is 1.76. The van der Waals surface area contributed by atoms with E-state index in [1.807, 2.05) is 0 Å². The standard InChI is InChI=1S/C4H9N.BrH/c1-2-4-5-3-1;/h5H,1-4H2;1H. The smallest absolute Gasteiger partial charge is 0.00484 e. The Bertz CT molecular complexity index is 19.1. The van der Waals surface area contributed by atoms with Crippen LogP contribution in [0.1, 0.15) is 12.8 Å². The molecule has 0 unspecified atom stereocenters. The molecule has 1 fully saturated rings. The minimum absolute atomic E-state index is 0. The van der Waals surface area contributed by atoms with Crippen LogP contribution in [0, 0.1) is 0 Å². The zero-order valence-electron chi connectivity index (χ0n) is 3.74. The van der Waals surface area contributed by atoms with Crippen LogP contribution >= 0.6 is 17.0 Å². The van der Waals surface area contributed by atoms with Gasteiger partial charge in [-0.3, -0.25) is 0 Å². The zero-order valence-corrected chi connectivity index (χ0v) is 5.45. The Morgan fingerprint density at radius 2 is 1.50 bits per heavy atom. The van der Waals surface area contributed by atoms with Crippen molar-refractivity contribution in [1.82, 2.24) is 5.32 Å². The highest BCUT2D eigenvalue weighted by molar-refractivity contribution is 8.93. The van der Waals surface area contributed by atoms with Crippen molar-refractivity contribution in [2.24, 2.45) is 0 Å². The summed E-state index contributed by atoms with van der Waals surface area (Å²) in [5, 5.41) is 3.22. The van der Waals surface area contributed by atoms with Crippen molar-refractivity contribution >= 4 is 17.0 Å². The van der Waals surface area contributed by atoms with Crippen molar-refractivity contribution < 1.29 is 0 Å². The molecule has 1 saturated heterocycles. The van der Waals surface area contributed by atoms with Crippen molar-refractivity contribution in [3.05, 3.63) is 0 Å². The van der Waals surface area contributed by atoms with Crippen LogP contribution in [0.4, 0.5) is 0 Å². The van der Waals surface area contributed by atoms with Crippen LogP contribution in [-0.2, 0) is 0 Å². The molecule has 1 rings (SSSR count). The third kappa shape index (κ3) is 1.78. The third-order valence-electron chi connectivity index (χ3n) is 0.957. The lowest BCUT2D eigenvalue weighted by atomic mass is 10.4. The topological polar surface area (TPSA) is 12.0 Å². The Balaban J connectivity index is 0.000000250. The van der Waals surface area contributed by atoms with Crippen molar-refractivity contribution in [3.63, 3.8) is 0 Å². The summed E-state index contributed by atoms with van der Waals surface area (Å²) < 4.78 is 0. The fourth-order valence-electron chi connectivity index (χ4n) is 0.625. The quantitative estimate of drug-likeness (QED) is 0.544. The molecular weight excluding hydrogens is 142 g/mol. The molecule has 0 amide bonds. The highest BCUT2D eigenvalue weighted by atomic mass is 79.9. The molecular formula is C4H10BrN. The molecule has 38 valence electrons.